The molecule has 0 bridgehead atoms. The third-order valence-electron chi connectivity index (χ3n) is 2.25. The summed E-state index contributed by atoms with van der Waals surface area (Å²) in [6, 6.07) is 4.25. The van der Waals surface area contributed by atoms with E-state index in [1.165, 1.54) is 12.3 Å². The Hall–Kier alpha value is -2.50. The van der Waals surface area contributed by atoms with Crippen LogP contribution in [0.1, 0.15) is 10.4 Å². The summed E-state index contributed by atoms with van der Waals surface area (Å²) in [5.41, 5.74) is -0.119. The van der Waals surface area contributed by atoms with Gasteiger partial charge in [0, 0.05) is 18.5 Å². The van der Waals surface area contributed by atoms with Gasteiger partial charge >= 0.3 is 5.97 Å². The summed E-state index contributed by atoms with van der Waals surface area (Å²) in [7, 11) is 0. The smallest absolute Gasteiger partial charge is 0.339 e. The number of rotatable bonds is 3. The number of hydrogen-bond acceptors (Lipinski definition) is 3. The van der Waals surface area contributed by atoms with Crippen LogP contribution in [0.25, 0.3) is 0 Å². The van der Waals surface area contributed by atoms with Gasteiger partial charge in [-0.1, -0.05) is 0 Å². The summed E-state index contributed by atoms with van der Waals surface area (Å²) in [4.78, 5) is 14.6. The Morgan fingerprint density at radius 3 is 2.72 bits per heavy atom. The van der Waals surface area contributed by atoms with E-state index in [4.69, 9.17) is 5.11 Å². The molecule has 0 unspecified atom stereocenters. The van der Waals surface area contributed by atoms with Crippen molar-refractivity contribution >= 4 is 17.3 Å². The molecule has 1 aromatic heterocycles. The lowest BCUT2D eigenvalue weighted by atomic mass is 10.2. The number of nitrogens with zero attached hydrogens (tertiary/aromatic N) is 1. The number of pyridine rings is 1. The zero-order valence-corrected chi connectivity index (χ0v) is 9.02. The number of carboxylic acid groups (broad SMARTS) is 1. The average molecular weight is 250 g/mol. The number of carboxylic acids is 1. The van der Waals surface area contributed by atoms with Gasteiger partial charge in [0.05, 0.1) is 11.4 Å². The minimum atomic E-state index is -1.21. The molecule has 2 rings (SSSR count). The zero-order valence-electron chi connectivity index (χ0n) is 9.02. The van der Waals surface area contributed by atoms with Crippen LogP contribution in [0.15, 0.2) is 36.7 Å². The molecular formula is C12H8F2N2O2. The fourth-order valence-electron chi connectivity index (χ4n) is 1.41. The second kappa shape index (κ2) is 4.79. The Kier molecular flexibility index (Phi) is 3.18. The number of hydrogen-bond donors (Lipinski definition) is 2. The van der Waals surface area contributed by atoms with Crippen LogP contribution in [-0.2, 0) is 0 Å². The van der Waals surface area contributed by atoms with Crippen LogP contribution < -0.4 is 5.32 Å². The monoisotopic (exact) mass is 250 g/mol. The summed E-state index contributed by atoms with van der Waals surface area (Å²) in [5, 5.41) is 11.4. The number of nitrogens with one attached hydrogen (secondary N) is 1. The number of anilines is 2. The molecule has 0 saturated carbocycles. The maximum atomic E-state index is 13.4. The molecule has 0 spiro atoms. The molecule has 6 heteroatoms. The predicted octanol–water partition coefficient (Wildman–Crippen LogP) is 2.80. The third-order valence-corrected chi connectivity index (χ3v) is 2.25. The van der Waals surface area contributed by atoms with Crippen LogP contribution in [0.4, 0.5) is 20.2 Å². The first-order valence-corrected chi connectivity index (χ1v) is 4.97. The summed E-state index contributed by atoms with van der Waals surface area (Å²) >= 11 is 0. The van der Waals surface area contributed by atoms with Gasteiger partial charge in [-0.05, 0) is 18.2 Å². The van der Waals surface area contributed by atoms with Crippen molar-refractivity contribution in [3.05, 3.63) is 53.9 Å². The molecule has 0 saturated heterocycles. The Balaban J connectivity index is 2.40. The van der Waals surface area contributed by atoms with E-state index in [-0.39, 0.29) is 16.9 Å². The van der Waals surface area contributed by atoms with E-state index >= 15 is 0 Å². The van der Waals surface area contributed by atoms with Crippen molar-refractivity contribution in [3.8, 4) is 0 Å². The zero-order chi connectivity index (χ0) is 13.1. The molecular weight excluding hydrogens is 242 g/mol. The van der Waals surface area contributed by atoms with Gasteiger partial charge in [0.15, 0.2) is 0 Å². The highest BCUT2D eigenvalue weighted by Gasteiger charge is 2.12. The van der Waals surface area contributed by atoms with Crippen LogP contribution in [0.5, 0.6) is 0 Å². The van der Waals surface area contributed by atoms with Gasteiger partial charge in [0.25, 0.3) is 0 Å². The molecule has 0 radical (unpaired) electrons. The highest BCUT2D eigenvalue weighted by molar-refractivity contribution is 5.94. The van der Waals surface area contributed by atoms with Gasteiger partial charge in [-0.3, -0.25) is 4.98 Å². The topological polar surface area (TPSA) is 62.2 Å². The van der Waals surface area contributed by atoms with E-state index in [0.29, 0.717) is 0 Å². The van der Waals surface area contributed by atoms with E-state index in [2.05, 4.69) is 10.3 Å². The molecule has 0 amide bonds. The lowest BCUT2D eigenvalue weighted by Crippen LogP contribution is -2.04. The minimum Gasteiger partial charge on any atom is -0.478 e. The summed E-state index contributed by atoms with van der Waals surface area (Å²) < 4.78 is 26.4. The number of carbonyl (C=O) groups is 1. The van der Waals surface area contributed by atoms with Crippen molar-refractivity contribution in [2.45, 2.75) is 0 Å². The van der Waals surface area contributed by atoms with Crippen LogP contribution in [0.3, 0.4) is 0 Å². The molecule has 92 valence electrons. The second-order valence-electron chi connectivity index (χ2n) is 3.48. The first kappa shape index (κ1) is 12.0. The van der Waals surface area contributed by atoms with Gasteiger partial charge < -0.3 is 10.4 Å². The third kappa shape index (κ3) is 2.42. The van der Waals surface area contributed by atoms with Crippen molar-refractivity contribution in [1.82, 2.24) is 4.98 Å². The summed E-state index contributed by atoms with van der Waals surface area (Å²) in [6.07, 6.45) is 2.48. The van der Waals surface area contributed by atoms with Gasteiger partial charge in [-0.25, -0.2) is 13.6 Å². The van der Waals surface area contributed by atoms with E-state index in [9.17, 15) is 13.6 Å². The van der Waals surface area contributed by atoms with E-state index in [0.717, 1.165) is 24.4 Å². The van der Waals surface area contributed by atoms with Gasteiger partial charge in [-0.2, -0.15) is 0 Å². The van der Waals surface area contributed by atoms with Crippen molar-refractivity contribution in [2.24, 2.45) is 0 Å². The lowest BCUT2D eigenvalue weighted by molar-refractivity contribution is 0.0697. The van der Waals surface area contributed by atoms with Gasteiger partial charge in [0.1, 0.15) is 17.2 Å². The van der Waals surface area contributed by atoms with Crippen LogP contribution >= 0.6 is 0 Å². The van der Waals surface area contributed by atoms with Crippen molar-refractivity contribution in [1.29, 1.82) is 0 Å². The number of benzene rings is 1. The van der Waals surface area contributed by atoms with Crippen molar-refractivity contribution in [3.63, 3.8) is 0 Å². The molecule has 0 aliphatic rings. The lowest BCUT2D eigenvalue weighted by Gasteiger charge is -2.09. The Labute approximate surface area is 101 Å². The molecule has 0 aliphatic carbocycles. The number of aromatic carboxylic acids is 1. The maximum Gasteiger partial charge on any atom is 0.339 e. The number of aromatic nitrogens is 1. The standard InChI is InChI=1S/C12H8F2N2O2/c13-7-1-2-9(14)11(5-7)16-10-3-4-15-6-8(10)12(17)18/h1-6H,(H,15,16)(H,17,18). The van der Waals surface area contributed by atoms with Gasteiger partial charge in [-0.15, -0.1) is 0 Å². The Morgan fingerprint density at radius 2 is 2.00 bits per heavy atom. The first-order valence-electron chi connectivity index (χ1n) is 4.97. The van der Waals surface area contributed by atoms with Crippen LogP contribution in [0, 0.1) is 11.6 Å². The van der Waals surface area contributed by atoms with Gasteiger partial charge in [0.2, 0.25) is 0 Å². The van der Waals surface area contributed by atoms with E-state index < -0.39 is 17.6 Å². The second-order valence-corrected chi connectivity index (χ2v) is 3.48. The summed E-state index contributed by atoms with van der Waals surface area (Å²) in [6.45, 7) is 0. The molecule has 2 N–H and O–H groups in total. The van der Waals surface area contributed by atoms with Crippen molar-refractivity contribution in [2.75, 3.05) is 5.32 Å². The molecule has 0 fully saturated rings. The molecule has 4 nitrogen and oxygen atoms in total. The maximum absolute atomic E-state index is 13.4. The molecule has 1 heterocycles. The van der Waals surface area contributed by atoms with Crippen LogP contribution in [0.2, 0.25) is 0 Å². The molecule has 0 aliphatic heterocycles. The average Bonchev–Trinajstić information content (AvgIpc) is 2.34. The fraction of sp³-hybridized carbons (Fsp3) is 0. The molecule has 18 heavy (non-hydrogen) atoms. The number of halogens is 2. The SMILES string of the molecule is O=C(O)c1cnccc1Nc1cc(F)ccc1F. The highest BCUT2D eigenvalue weighted by Crippen LogP contribution is 2.23. The highest BCUT2D eigenvalue weighted by atomic mass is 19.1. The normalized spacial score (nSPS) is 10.1. The van der Waals surface area contributed by atoms with E-state index in [1.807, 2.05) is 0 Å². The quantitative estimate of drug-likeness (QED) is 0.879. The minimum absolute atomic E-state index is 0.124. The van der Waals surface area contributed by atoms with E-state index in [1.54, 1.807) is 0 Å². The predicted molar refractivity (Wildman–Crippen MR) is 60.8 cm³/mol. The molecule has 1 aromatic carbocycles. The van der Waals surface area contributed by atoms with Crippen LogP contribution in [-0.4, -0.2) is 16.1 Å². The largest absolute Gasteiger partial charge is 0.478 e. The fourth-order valence-corrected chi connectivity index (χ4v) is 1.41. The molecule has 0 atom stereocenters. The first-order chi connectivity index (χ1) is 8.58. The summed E-state index contributed by atoms with van der Waals surface area (Å²) in [5.74, 6) is -2.50. The Morgan fingerprint density at radius 1 is 1.22 bits per heavy atom. The Bertz CT molecular complexity index is 602. The molecule has 2 aromatic rings. The van der Waals surface area contributed by atoms with Crippen molar-refractivity contribution < 1.29 is 18.7 Å².